The van der Waals surface area contributed by atoms with Crippen LogP contribution in [0.15, 0.2) is 48.9 Å². The Morgan fingerprint density at radius 1 is 1.09 bits per heavy atom. The third-order valence-electron chi connectivity index (χ3n) is 8.75. The number of pyridine rings is 1. The molecule has 224 valence electrons. The molecule has 3 aliphatic heterocycles. The maximum absolute atomic E-state index is 15.1. The number of carbonyl (C=O) groups is 2. The van der Waals surface area contributed by atoms with Crippen molar-refractivity contribution >= 4 is 39.6 Å². The van der Waals surface area contributed by atoms with E-state index in [-0.39, 0.29) is 50.8 Å². The molecule has 0 spiro atoms. The van der Waals surface area contributed by atoms with E-state index < -0.39 is 24.0 Å². The Bertz CT molecular complexity index is 1800. The number of Topliss-reactive ketones (excluding diaryl/α,β-unsaturated/α-hetero) is 1. The molecular formula is C30H28F4N6O3. The van der Waals surface area contributed by atoms with Gasteiger partial charge in [0.2, 0.25) is 0 Å². The first-order valence-electron chi connectivity index (χ1n) is 14.1. The van der Waals surface area contributed by atoms with Gasteiger partial charge in [-0.15, -0.1) is 0 Å². The fourth-order valence-corrected chi connectivity index (χ4v) is 6.64. The first kappa shape index (κ1) is 27.4. The monoisotopic (exact) mass is 596 g/mol. The highest BCUT2D eigenvalue weighted by Crippen LogP contribution is 2.38. The van der Waals surface area contributed by atoms with Gasteiger partial charge in [-0.05, 0) is 48.6 Å². The quantitative estimate of drug-likeness (QED) is 0.349. The lowest BCUT2D eigenvalue weighted by atomic mass is 9.91. The van der Waals surface area contributed by atoms with Crippen LogP contribution in [0.1, 0.15) is 29.7 Å². The van der Waals surface area contributed by atoms with Gasteiger partial charge in [-0.25, -0.2) is 14.2 Å². The average molecular weight is 597 g/mol. The standard InChI is InChI=1S/C30H28F4N6O3/c31-19-11-18-15-39(29(43)37-7-4-17(5-8-37)28(42)30(32,33)34)10-9-38-16-21(20(12-19)27(18)38)26-25(23(41)14-36-26)22-13-35-24-3-1-2-6-40(22)24/h1-3,6,11-13,16-17,28,36,42H,4-5,7-10,14-15H2. The normalized spacial score (nSPS) is 19.0. The van der Waals surface area contributed by atoms with Crippen molar-refractivity contribution in [1.29, 1.82) is 0 Å². The summed E-state index contributed by atoms with van der Waals surface area (Å²) in [5.74, 6) is -1.54. The zero-order valence-corrected chi connectivity index (χ0v) is 22.9. The minimum absolute atomic E-state index is 0.0451. The summed E-state index contributed by atoms with van der Waals surface area (Å²) in [5.41, 5.74) is 4.41. The highest BCUT2D eigenvalue weighted by molar-refractivity contribution is 6.32. The van der Waals surface area contributed by atoms with Crippen molar-refractivity contribution in [3.63, 3.8) is 0 Å². The van der Waals surface area contributed by atoms with Crippen molar-refractivity contribution in [1.82, 2.24) is 29.1 Å². The van der Waals surface area contributed by atoms with Gasteiger partial charge in [-0.2, -0.15) is 13.2 Å². The van der Waals surface area contributed by atoms with Crippen LogP contribution in [0.3, 0.4) is 0 Å². The predicted molar refractivity (Wildman–Crippen MR) is 149 cm³/mol. The first-order valence-corrected chi connectivity index (χ1v) is 14.1. The van der Waals surface area contributed by atoms with E-state index in [1.54, 1.807) is 11.1 Å². The molecule has 1 atom stereocenters. The van der Waals surface area contributed by atoms with Gasteiger partial charge in [-0.1, -0.05) is 6.07 Å². The molecule has 0 bridgehead atoms. The van der Waals surface area contributed by atoms with Crippen LogP contribution in [0.5, 0.6) is 0 Å². The number of rotatable bonds is 3. The molecule has 1 saturated heterocycles. The molecule has 1 fully saturated rings. The fourth-order valence-electron chi connectivity index (χ4n) is 6.64. The Morgan fingerprint density at radius 3 is 2.65 bits per heavy atom. The van der Waals surface area contributed by atoms with Gasteiger partial charge in [0, 0.05) is 56.1 Å². The van der Waals surface area contributed by atoms with E-state index in [1.807, 2.05) is 39.6 Å². The summed E-state index contributed by atoms with van der Waals surface area (Å²) >= 11 is 0. The van der Waals surface area contributed by atoms with E-state index in [4.69, 9.17) is 0 Å². The number of hydrogen-bond donors (Lipinski definition) is 2. The second-order valence-electron chi connectivity index (χ2n) is 11.3. The van der Waals surface area contributed by atoms with E-state index in [0.29, 0.717) is 52.2 Å². The summed E-state index contributed by atoms with van der Waals surface area (Å²) in [6.45, 7) is 1.11. The topological polar surface area (TPSA) is 95.1 Å². The Kier molecular flexibility index (Phi) is 6.45. The minimum atomic E-state index is -4.69. The number of imidazole rings is 1. The number of likely N-dealkylation sites (tertiary alicyclic amines) is 1. The number of aliphatic hydroxyl groups is 1. The molecule has 1 unspecified atom stereocenters. The lowest BCUT2D eigenvalue weighted by Gasteiger charge is -2.37. The van der Waals surface area contributed by atoms with Crippen molar-refractivity contribution in [3.05, 3.63) is 71.6 Å². The SMILES string of the molecule is O=C1CNC(c2cn3c4c(cc(F)cc24)CN(C(=O)N2CCC(C(O)C(F)(F)F)CC2)CC3)=C1c1cnc2ccccn12. The summed E-state index contributed by atoms with van der Waals surface area (Å²) in [4.78, 5) is 34.1. The summed E-state index contributed by atoms with van der Waals surface area (Å²) in [5, 5.41) is 13.5. The molecule has 3 aliphatic rings. The number of amides is 2. The number of halogens is 4. The lowest BCUT2D eigenvalue weighted by molar-refractivity contribution is -0.222. The number of aliphatic hydroxyl groups excluding tert-OH is 1. The maximum atomic E-state index is 15.1. The van der Waals surface area contributed by atoms with Crippen LogP contribution in [0.4, 0.5) is 22.4 Å². The third kappa shape index (κ3) is 4.62. The van der Waals surface area contributed by atoms with Gasteiger partial charge in [0.05, 0.1) is 35.2 Å². The molecule has 13 heteroatoms. The van der Waals surface area contributed by atoms with Crippen LogP contribution in [0.25, 0.3) is 27.8 Å². The molecule has 43 heavy (non-hydrogen) atoms. The van der Waals surface area contributed by atoms with Crippen LogP contribution >= 0.6 is 0 Å². The molecule has 4 aromatic rings. The number of piperidine rings is 1. The number of benzene rings is 1. The fraction of sp³-hybridized carbons (Fsp3) is 0.367. The van der Waals surface area contributed by atoms with Crippen molar-refractivity contribution < 1.29 is 32.3 Å². The number of nitrogens with one attached hydrogen (secondary N) is 1. The molecule has 6 heterocycles. The first-order chi connectivity index (χ1) is 20.6. The summed E-state index contributed by atoms with van der Waals surface area (Å²) < 4.78 is 57.8. The zero-order valence-electron chi connectivity index (χ0n) is 22.9. The van der Waals surface area contributed by atoms with Gasteiger partial charge in [0.25, 0.3) is 0 Å². The average Bonchev–Trinajstić information content (AvgIpc) is 3.64. The number of alkyl halides is 3. The number of carbonyl (C=O) groups excluding carboxylic acids is 2. The van der Waals surface area contributed by atoms with Crippen molar-refractivity contribution in [2.24, 2.45) is 5.92 Å². The Morgan fingerprint density at radius 2 is 1.88 bits per heavy atom. The van der Waals surface area contributed by atoms with Gasteiger partial charge in [0.15, 0.2) is 11.9 Å². The highest BCUT2D eigenvalue weighted by Gasteiger charge is 2.44. The summed E-state index contributed by atoms with van der Waals surface area (Å²) in [6.07, 6.45) is -1.65. The Labute approximate surface area is 243 Å². The third-order valence-corrected chi connectivity index (χ3v) is 8.75. The second kappa shape index (κ2) is 10.1. The Balaban J connectivity index is 1.20. The van der Waals surface area contributed by atoms with Crippen molar-refractivity contribution in [3.8, 4) is 0 Å². The lowest BCUT2D eigenvalue weighted by Crippen LogP contribution is -2.49. The molecule has 0 saturated carbocycles. The number of ketones is 1. The smallest absolute Gasteiger partial charge is 0.383 e. The van der Waals surface area contributed by atoms with E-state index in [0.717, 1.165) is 5.52 Å². The van der Waals surface area contributed by atoms with Crippen LogP contribution in [0, 0.1) is 11.7 Å². The van der Waals surface area contributed by atoms with Crippen LogP contribution < -0.4 is 5.32 Å². The second-order valence-corrected chi connectivity index (χ2v) is 11.3. The zero-order chi connectivity index (χ0) is 30.0. The molecule has 1 aromatic carbocycles. The summed E-state index contributed by atoms with van der Waals surface area (Å²) in [7, 11) is 0. The minimum Gasteiger partial charge on any atom is -0.383 e. The van der Waals surface area contributed by atoms with E-state index in [1.165, 1.54) is 17.0 Å². The molecule has 0 aliphatic carbocycles. The largest absolute Gasteiger partial charge is 0.414 e. The Hall–Kier alpha value is -4.39. The molecule has 2 amide bonds. The number of nitrogens with zero attached hydrogens (tertiary/aromatic N) is 5. The van der Waals surface area contributed by atoms with Gasteiger partial charge < -0.3 is 24.8 Å². The number of hydrogen-bond acceptors (Lipinski definition) is 5. The number of aromatic nitrogens is 3. The van der Waals surface area contributed by atoms with E-state index in [2.05, 4.69) is 10.3 Å². The van der Waals surface area contributed by atoms with Gasteiger partial charge in [0.1, 0.15) is 11.5 Å². The van der Waals surface area contributed by atoms with Crippen LogP contribution in [0.2, 0.25) is 0 Å². The van der Waals surface area contributed by atoms with Gasteiger partial charge >= 0.3 is 12.2 Å². The summed E-state index contributed by atoms with van der Waals surface area (Å²) in [6, 6.07) is 8.06. The molecule has 9 nitrogen and oxygen atoms in total. The van der Waals surface area contributed by atoms with Crippen LogP contribution in [-0.2, 0) is 17.9 Å². The molecule has 7 rings (SSSR count). The molecule has 0 radical (unpaired) electrons. The van der Waals surface area contributed by atoms with E-state index >= 15 is 4.39 Å². The van der Waals surface area contributed by atoms with Crippen LogP contribution in [-0.4, -0.2) is 79.1 Å². The van der Waals surface area contributed by atoms with E-state index in [9.17, 15) is 27.9 Å². The molecule has 3 aromatic heterocycles. The van der Waals surface area contributed by atoms with Crippen molar-refractivity contribution in [2.45, 2.75) is 38.2 Å². The molecule has 2 N–H and O–H groups in total. The highest BCUT2D eigenvalue weighted by atomic mass is 19.4. The molecular weight excluding hydrogens is 568 g/mol. The van der Waals surface area contributed by atoms with Crippen molar-refractivity contribution in [2.75, 3.05) is 26.2 Å². The number of urea groups is 1. The van der Waals surface area contributed by atoms with Gasteiger partial charge in [-0.3, -0.25) is 9.20 Å². The number of fused-ring (bicyclic) bond motifs is 1. The maximum Gasteiger partial charge on any atom is 0.414 e. The predicted octanol–water partition coefficient (Wildman–Crippen LogP) is 4.04.